The number of nitrogens with zero attached hydrogens (tertiary/aromatic N) is 3. The predicted octanol–water partition coefficient (Wildman–Crippen LogP) is 0.403. The standard InChI is InChI=1S/C16H26N4O/c1-4-19(5-2)15-7-6-14(16(21)12-15)13-17-20-10-8-18(3)9-11-20/h6-7,12-13,21H,4-5,8-11H2,1-3H3/p+1/b17-13+. The molecule has 1 aliphatic heterocycles. The average Bonchev–Trinajstić information content (AvgIpc) is 2.49. The molecule has 5 nitrogen and oxygen atoms in total. The van der Waals surface area contributed by atoms with Crippen LogP contribution in [-0.2, 0) is 0 Å². The fraction of sp³-hybridized carbons (Fsp3) is 0.562. The van der Waals surface area contributed by atoms with Gasteiger partial charge in [-0.05, 0) is 26.0 Å². The van der Waals surface area contributed by atoms with Crippen LogP contribution in [0.25, 0.3) is 0 Å². The largest absolute Gasteiger partial charge is 0.507 e. The molecule has 0 radical (unpaired) electrons. The van der Waals surface area contributed by atoms with Crippen molar-refractivity contribution >= 4 is 11.9 Å². The Balaban J connectivity index is 2.03. The number of piperazine rings is 1. The summed E-state index contributed by atoms with van der Waals surface area (Å²) in [4.78, 5) is 3.76. The highest BCUT2D eigenvalue weighted by atomic mass is 16.3. The Labute approximate surface area is 127 Å². The van der Waals surface area contributed by atoms with Crippen LogP contribution in [0.4, 0.5) is 5.69 Å². The van der Waals surface area contributed by atoms with Crippen molar-refractivity contribution < 1.29 is 10.0 Å². The minimum atomic E-state index is 0.294. The molecular formula is C16H27N4O+. The van der Waals surface area contributed by atoms with Gasteiger partial charge >= 0.3 is 0 Å². The van der Waals surface area contributed by atoms with Crippen LogP contribution < -0.4 is 9.80 Å². The second-order valence-electron chi connectivity index (χ2n) is 5.57. The maximum atomic E-state index is 10.2. The third-order valence-corrected chi connectivity index (χ3v) is 4.10. The minimum Gasteiger partial charge on any atom is -0.507 e. The van der Waals surface area contributed by atoms with Gasteiger partial charge in [0.1, 0.15) is 5.75 Å². The summed E-state index contributed by atoms with van der Waals surface area (Å²) in [7, 11) is 2.21. The van der Waals surface area contributed by atoms with Gasteiger partial charge < -0.3 is 14.9 Å². The van der Waals surface area contributed by atoms with Gasteiger partial charge in [0.05, 0.1) is 39.4 Å². The number of anilines is 1. The summed E-state index contributed by atoms with van der Waals surface area (Å²) in [6.45, 7) is 10.3. The van der Waals surface area contributed by atoms with E-state index < -0.39 is 0 Å². The predicted molar refractivity (Wildman–Crippen MR) is 87.5 cm³/mol. The fourth-order valence-corrected chi connectivity index (χ4v) is 2.56. The van der Waals surface area contributed by atoms with Crippen molar-refractivity contribution in [3.8, 4) is 5.75 Å². The summed E-state index contributed by atoms with van der Waals surface area (Å²) in [5.74, 6) is 0.294. The molecule has 1 fully saturated rings. The Kier molecular flexibility index (Phi) is 5.44. The highest BCUT2D eigenvalue weighted by Crippen LogP contribution is 2.23. The van der Waals surface area contributed by atoms with Crippen LogP contribution in [0, 0.1) is 0 Å². The van der Waals surface area contributed by atoms with Crippen molar-refractivity contribution in [3.63, 3.8) is 0 Å². The molecular weight excluding hydrogens is 264 g/mol. The lowest BCUT2D eigenvalue weighted by Gasteiger charge is -2.27. The maximum absolute atomic E-state index is 10.2. The summed E-state index contributed by atoms with van der Waals surface area (Å²) in [6, 6.07) is 5.80. The first-order valence-electron chi connectivity index (χ1n) is 7.82. The van der Waals surface area contributed by atoms with Gasteiger partial charge in [-0.15, -0.1) is 0 Å². The first-order valence-corrected chi connectivity index (χ1v) is 7.82. The molecule has 0 unspecified atom stereocenters. The Bertz CT molecular complexity index is 477. The van der Waals surface area contributed by atoms with E-state index in [4.69, 9.17) is 0 Å². The van der Waals surface area contributed by atoms with Crippen LogP contribution >= 0.6 is 0 Å². The zero-order valence-electron chi connectivity index (χ0n) is 13.3. The third-order valence-electron chi connectivity index (χ3n) is 4.10. The molecule has 0 aliphatic carbocycles. The summed E-state index contributed by atoms with van der Waals surface area (Å²) < 4.78 is 0. The topological polar surface area (TPSA) is 43.5 Å². The SMILES string of the molecule is CCN(CC)c1ccc(/C=N/N2CC[NH+](C)CC2)c(O)c1. The molecule has 0 atom stereocenters. The first kappa shape index (κ1) is 15.6. The van der Waals surface area contributed by atoms with E-state index in [0.717, 1.165) is 50.5 Å². The van der Waals surface area contributed by atoms with E-state index in [-0.39, 0.29) is 0 Å². The minimum absolute atomic E-state index is 0.294. The molecule has 1 heterocycles. The van der Waals surface area contributed by atoms with Crippen molar-refractivity contribution in [2.75, 3.05) is 51.2 Å². The maximum Gasteiger partial charge on any atom is 0.126 e. The molecule has 116 valence electrons. The van der Waals surface area contributed by atoms with E-state index in [0.29, 0.717) is 5.75 Å². The molecule has 1 aromatic rings. The molecule has 1 saturated heterocycles. The molecule has 1 aliphatic rings. The van der Waals surface area contributed by atoms with Crippen LogP contribution in [0.15, 0.2) is 23.3 Å². The van der Waals surface area contributed by atoms with E-state index >= 15 is 0 Å². The van der Waals surface area contributed by atoms with E-state index in [1.54, 1.807) is 11.1 Å². The Morgan fingerprint density at radius 3 is 2.52 bits per heavy atom. The number of nitrogens with one attached hydrogen (secondary N) is 1. The van der Waals surface area contributed by atoms with Crippen molar-refractivity contribution in [2.24, 2.45) is 5.10 Å². The number of hydrogen-bond acceptors (Lipinski definition) is 4. The highest BCUT2D eigenvalue weighted by molar-refractivity contribution is 5.84. The van der Waals surface area contributed by atoms with Crippen molar-refractivity contribution in [1.82, 2.24) is 5.01 Å². The van der Waals surface area contributed by atoms with E-state index in [1.165, 1.54) is 0 Å². The Morgan fingerprint density at radius 2 is 1.95 bits per heavy atom. The smallest absolute Gasteiger partial charge is 0.126 e. The zero-order valence-corrected chi connectivity index (χ0v) is 13.3. The van der Waals surface area contributed by atoms with Gasteiger partial charge in [0.2, 0.25) is 0 Å². The quantitative estimate of drug-likeness (QED) is 0.772. The van der Waals surface area contributed by atoms with Gasteiger partial charge in [-0.25, -0.2) is 0 Å². The fourth-order valence-electron chi connectivity index (χ4n) is 2.56. The molecule has 0 amide bonds. The summed E-state index contributed by atoms with van der Waals surface area (Å²) in [5.41, 5.74) is 1.83. The van der Waals surface area contributed by atoms with Crippen molar-refractivity contribution in [3.05, 3.63) is 23.8 Å². The second kappa shape index (κ2) is 7.31. The second-order valence-corrected chi connectivity index (χ2v) is 5.57. The van der Waals surface area contributed by atoms with Crippen LogP contribution in [0.5, 0.6) is 5.75 Å². The molecule has 2 N–H and O–H groups in total. The number of hydrazone groups is 1. The third kappa shape index (κ3) is 4.11. The van der Waals surface area contributed by atoms with Gasteiger partial charge in [0, 0.05) is 30.4 Å². The number of quaternary nitrogens is 1. The van der Waals surface area contributed by atoms with Crippen LogP contribution in [0.2, 0.25) is 0 Å². The molecule has 5 heteroatoms. The van der Waals surface area contributed by atoms with Crippen molar-refractivity contribution in [1.29, 1.82) is 0 Å². The number of hydrogen-bond donors (Lipinski definition) is 2. The summed E-state index contributed by atoms with van der Waals surface area (Å²) in [6.07, 6.45) is 1.77. The Hall–Kier alpha value is -1.75. The summed E-state index contributed by atoms with van der Waals surface area (Å²) >= 11 is 0. The molecule has 0 aromatic heterocycles. The zero-order chi connectivity index (χ0) is 15.2. The molecule has 2 rings (SSSR count). The van der Waals surface area contributed by atoms with E-state index in [2.05, 4.69) is 35.9 Å². The van der Waals surface area contributed by atoms with Crippen LogP contribution in [-0.4, -0.2) is 62.6 Å². The number of benzene rings is 1. The van der Waals surface area contributed by atoms with Crippen LogP contribution in [0.1, 0.15) is 19.4 Å². The van der Waals surface area contributed by atoms with Gasteiger partial charge in [0.25, 0.3) is 0 Å². The van der Waals surface area contributed by atoms with Gasteiger partial charge in [-0.2, -0.15) is 5.10 Å². The normalized spacial score (nSPS) is 16.6. The van der Waals surface area contributed by atoms with Gasteiger partial charge in [-0.1, -0.05) is 0 Å². The molecule has 0 bridgehead atoms. The number of rotatable bonds is 5. The summed E-state index contributed by atoms with van der Waals surface area (Å²) in [5, 5.41) is 16.7. The average molecular weight is 291 g/mol. The number of phenols is 1. The van der Waals surface area contributed by atoms with E-state index in [9.17, 15) is 5.11 Å². The Morgan fingerprint density at radius 1 is 1.29 bits per heavy atom. The van der Waals surface area contributed by atoms with Gasteiger partial charge in [0.15, 0.2) is 0 Å². The lowest BCUT2D eigenvalue weighted by Crippen LogP contribution is -3.11. The monoisotopic (exact) mass is 291 g/mol. The molecule has 21 heavy (non-hydrogen) atoms. The lowest BCUT2D eigenvalue weighted by atomic mass is 10.2. The molecule has 1 aromatic carbocycles. The molecule has 0 saturated carbocycles. The van der Waals surface area contributed by atoms with Crippen molar-refractivity contribution in [2.45, 2.75) is 13.8 Å². The van der Waals surface area contributed by atoms with Gasteiger partial charge in [-0.3, -0.25) is 5.01 Å². The lowest BCUT2D eigenvalue weighted by molar-refractivity contribution is -0.884. The number of aromatic hydroxyl groups is 1. The number of phenolic OH excluding ortho intramolecular Hbond substituents is 1. The number of likely N-dealkylation sites (N-methyl/N-ethyl adjacent to an activating group) is 1. The van der Waals surface area contributed by atoms with E-state index in [1.807, 2.05) is 18.2 Å². The highest BCUT2D eigenvalue weighted by Gasteiger charge is 2.14. The molecule has 0 spiro atoms. The van der Waals surface area contributed by atoms with Crippen LogP contribution in [0.3, 0.4) is 0 Å². The first-order chi connectivity index (χ1) is 10.1.